The molecule has 0 unspecified atom stereocenters. The van der Waals surface area contributed by atoms with Gasteiger partial charge in [0.05, 0.1) is 0 Å². The van der Waals surface area contributed by atoms with E-state index in [2.05, 4.69) is 25.2 Å². The molecule has 1 N–H and O–H groups in total. The van der Waals surface area contributed by atoms with Crippen molar-refractivity contribution in [1.82, 2.24) is 5.32 Å². The van der Waals surface area contributed by atoms with Crippen molar-refractivity contribution in [3.63, 3.8) is 0 Å². The second-order valence-electron chi connectivity index (χ2n) is 3.49. The Morgan fingerprint density at radius 2 is 2.07 bits per heavy atom. The van der Waals surface area contributed by atoms with Gasteiger partial charge < -0.3 is 5.32 Å². The minimum atomic E-state index is 0.593. The van der Waals surface area contributed by atoms with Gasteiger partial charge in [-0.05, 0) is 30.8 Å². The number of hydrogen-bond donors (Lipinski definition) is 1. The third-order valence-electron chi connectivity index (χ3n) is 1.68. The average molecular weight is 230 g/mol. The zero-order chi connectivity index (χ0) is 10.6. The van der Waals surface area contributed by atoms with Crippen LogP contribution < -0.4 is 5.32 Å². The number of benzene rings is 1. The lowest BCUT2D eigenvalue weighted by atomic mass is 10.2. The summed E-state index contributed by atoms with van der Waals surface area (Å²) in [6, 6.07) is 6.21. The SMILES string of the molecule is CNCc1cc(Cl)cc(SC(C)C)c1. The molecule has 0 saturated heterocycles. The maximum atomic E-state index is 6.03. The van der Waals surface area contributed by atoms with Crippen molar-refractivity contribution in [2.75, 3.05) is 7.05 Å². The lowest BCUT2D eigenvalue weighted by molar-refractivity contribution is 0.815. The first-order valence-electron chi connectivity index (χ1n) is 4.72. The van der Waals surface area contributed by atoms with Gasteiger partial charge in [0.1, 0.15) is 0 Å². The largest absolute Gasteiger partial charge is 0.316 e. The van der Waals surface area contributed by atoms with Crippen LogP contribution in [0.5, 0.6) is 0 Å². The Balaban J connectivity index is 2.83. The van der Waals surface area contributed by atoms with Gasteiger partial charge in [-0.15, -0.1) is 11.8 Å². The van der Waals surface area contributed by atoms with Crippen LogP contribution in [0.3, 0.4) is 0 Å². The fraction of sp³-hybridized carbons (Fsp3) is 0.455. The molecule has 1 aromatic rings. The summed E-state index contributed by atoms with van der Waals surface area (Å²) >= 11 is 7.87. The second-order valence-corrected chi connectivity index (χ2v) is 5.58. The smallest absolute Gasteiger partial charge is 0.0420 e. The summed E-state index contributed by atoms with van der Waals surface area (Å²) in [4.78, 5) is 1.25. The van der Waals surface area contributed by atoms with E-state index in [4.69, 9.17) is 11.6 Å². The second kappa shape index (κ2) is 5.64. The van der Waals surface area contributed by atoms with Crippen molar-refractivity contribution in [3.8, 4) is 0 Å². The lowest BCUT2D eigenvalue weighted by Gasteiger charge is -2.08. The van der Waals surface area contributed by atoms with E-state index < -0.39 is 0 Å². The van der Waals surface area contributed by atoms with Crippen LogP contribution in [0.2, 0.25) is 5.02 Å². The van der Waals surface area contributed by atoms with Gasteiger partial charge in [0.15, 0.2) is 0 Å². The molecule has 0 bridgehead atoms. The molecule has 0 radical (unpaired) electrons. The first-order valence-corrected chi connectivity index (χ1v) is 5.98. The van der Waals surface area contributed by atoms with Crippen molar-refractivity contribution in [3.05, 3.63) is 28.8 Å². The highest BCUT2D eigenvalue weighted by Crippen LogP contribution is 2.27. The molecular formula is C11H16ClNS. The minimum absolute atomic E-state index is 0.593. The van der Waals surface area contributed by atoms with Gasteiger partial charge >= 0.3 is 0 Å². The quantitative estimate of drug-likeness (QED) is 0.793. The molecule has 0 saturated carbocycles. The van der Waals surface area contributed by atoms with Gasteiger partial charge in [0, 0.05) is 21.7 Å². The molecule has 3 heteroatoms. The Hall–Kier alpha value is -0.180. The predicted octanol–water partition coefficient (Wildman–Crippen LogP) is 3.56. The zero-order valence-electron chi connectivity index (χ0n) is 8.80. The van der Waals surface area contributed by atoms with Crippen LogP contribution in [0.4, 0.5) is 0 Å². The topological polar surface area (TPSA) is 12.0 Å². The van der Waals surface area contributed by atoms with E-state index in [9.17, 15) is 0 Å². The summed E-state index contributed by atoms with van der Waals surface area (Å²) < 4.78 is 0. The fourth-order valence-corrected chi connectivity index (χ4v) is 2.55. The standard InChI is InChI=1S/C11H16ClNS/c1-8(2)14-11-5-9(7-13-3)4-10(12)6-11/h4-6,8,13H,7H2,1-3H3. The summed E-state index contributed by atoms with van der Waals surface area (Å²) in [6.45, 7) is 5.23. The van der Waals surface area contributed by atoms with Crippen molar-refractivity contribution < 1.29 is 0 Å². The Morgan fingerprint density at radius 1 is 1.36 bits per heavy atom. The molecule has 0 aliphatic rings. The van der Waals surface area contributed by atoms with E-state index in [1.807, 2.05) is 30.9 Å². The van der Waals surface area contributed by atoms with Crippen LogP contribution in [0, 0.1) is 0 Å². The number of halogens is 1. The van der Waals surface area contributed by atoms with E-state index in [1.54, 1.807) is 0 Å². The third-order valence-corrected chi connectivity index (χ3v) is 2.88. The van der Waals surface area contributed by atoms with Crippen LogP contribution in [-0.2, 0) is 6.54 Å². The lowest BCUT2D eigenvalue weighted by Crippen LogP contribution is -2.05. The van der Waals surface area contributed by atoms with Crippen molar-refractivity contribution in [1.29, 1.82) is 0 Å². The van der Waals surface area contributed by atoms with Crippen molar-refractivity contribution in [2.24, 2.45) is 0 Å². The van der Waals surface area contributed by atoms with Crippen LogP contribution >= 0.6 is 23.4 Å². The van der Waals surface area contributed by atoms with Crippen molar-refractivity contribution in [2.45, 2.75) is 30.5 Å². The molecule has 1 rings (SSSR count). The highest BCUT2D eigenvalue weighted by Gasteiger charge is 2.02. The van der Waals surface area contributed by atoms with Gasteiger partial charge in [0.25, 0.3) is 0 Å². The number of nitrogens with one attached hydrogen (secondary N) is 1. The fourth-order valence-electron chi connectivity index (χ4n) is 1.27. The van der Waals surface area contributed by atoms with Gasteiger partial charge in [-0.25, -0.2) is 0 Å². The van der Waals surface area contributed by atoms with Gasteiger partial charge in [0.2, 0.25) is 0 Å². The summed E-state index contributed by atoms with van der Waals surface area (Å²) in [5.41, 5.74) is 1.24. The van der Waals surface area contributed by atoms with Crippen LogP contribution in [0.1, 0.15) is 19.4 Å². The molecule has 1 aromatic carbocycles. The Kier molecular flexibility index (Phi) is 4.79. The highest BCUT2D eigenvalue weighted by molar-refractivity contribution is 7.99. The molecule has 1 nitrogen and oxygen atoms in total. The molecule has 0 fully saturated rings. The molecule has 0 aromatic heterocycles. The Morgan fingerprint density at radius 3 is 2.64 bits per heavy atom. The first kappa shape index (κ1) is 11.9. The molecule has 0 spiro atoms. The summed E-state index contributed by atoms with van der Waals surface area (Å²) in [5, 5.41) is 4.54. The average Bonchev–Trinajstić information content (AvgIpc) is 2.01. The number of rotatable bonds is 4. The molecule has 0 aliphatic heterocycles. The van der Waals surface area contributed by atoms with E-state index in [1.165, 1.54) is 10.5 Å². The molecule has 0 heterocycles. The summed E-state index contributed by atoms with van der Waals surface area (Å²) in [7, 11) is 1.94. The van der Waals surface area contributed by atoms with Crippen LogP contribution in [0.25, 0.3) is 0 Å². The molecule has 0 amide bonds. The summed E-state index contributed by atoms with van der Waals surface area (Å²) in [5.74, 6) is 0. The molecule has 0 aliphatic carbocycles. The minimum Gasteiger partial charge on any atom is -0.316 e. The Labute approximate surface area is 95.2 Å². The monoisotopic (exact) mass is 229 g/mol. The van der Waals surface area contributed by atoms with Crippen LogP contribution in [-0.4, -0.2) is 12.3 Å². The third kappa shape index (κ3) is 3.91. The Bertz CT molecular complexity index is 299. The van der Waals surface area contributed by atoms with Gasteiger partial charge in [-0.1, -0.05) is 25.4 Å². The zero-order valence-corrected chi connectivity index (χ0v) is 10.4. The molecule has 0 atom stereocenters. The maximum absolute atomic E-state index is 6.03. The maximum Gasteiger partial charge on any atom is 0.0420 e. The first-order chi connectivity index (χ1) is 6.61. The van der Waals surface area contributed by atoms with Gasteiger partial charge in [-0.2, -0.15) is 0 Å². The van der Waals surface area contributed by atoms with Gasteiger partial charge in [-0.3, -0.25) is 0 Å². The van der Waals surface area contributed by atoms with E-state index >= 15 is 0 Å². The van der Waals surface area contributed by atoms with E-state index in [0.717, 1.165) is 11.6 Å². The summed E-state index contributed by atoms with van der Waals surface area (Å²) in [6.07, 6.45) is 0. The van der Waals surface area contributed by atoms with E-state index in [-0.39, 0.29) is 0 Å². The number of thioether (sulfide) groups is 1. The normalized spacial score (nSPS) is 10.9. The molecule has 14 heavy (non-hydrogen) atoms. The molecular weight excluding hydrogens is 214 g/mol. The molecule has 78 valence electrons. The van der Waals surface area contributed by atoms with Crippen LogP contribution in [0.15, 0.2) is 23.1 Å². The predicted molar refractivity (Wildman–Crippen MR) is 65.2 cm³/mol. The number of hydrogen-bond acceptors (Lipinski definition) is 2. The van der Waals surface area contributed by atoms with Crippen molar-refractivity contribution >= 4 is 23.4 Å². The van der Waals surface area contributed by atoms with E-state index in [0.29, 0.717) is 5.25 Å². The highest BCUT2D eigenvalue weighted by atomic mass is 35.5.